The molecule has 2 N–H and O–H groups in total. The van der Waals surface area contributed by atoms with Crippen molar-refractivity contribution in [2.24, 2.45) is 0 Å². The lowest BCUT2D eigenvalue weighted by molar-refractivity contribution is -0.146. The van der Waals surface area contributed by atoms with E-state index in [4.69, 9.17) is 16.3 Å². The fourth-order valence-corrected chi connectivity index (χ4v) is 4.78. The molecule has 0 bridgehead atoms. The van der Waals surface area contributed by atoms with Crippen LogP contribution in [0.3, 0.4) is 0 Å². The van der Waals surface area contributed by atoms with Crippen LogP contribution in [0.25, 0.3) is 10.7 Å². The van der Waals surface area contributed by atoms with Crippen molar-refractivity contribution in [1.82, 2.24) is 19.7 Å². The highest BCUT2D eigenvalue weighted by molar-refractivity contribution is 7.19. The molecule has 2 heterocycles. The van der Waals surface area contributed by atoms with E-state index in [2.05, 4.69) is 10.4 Å². The van der Waals surface area contributed by atoms with E-state index in [1.54, 1.807) is 12.1 Å². The van der Waals surface area contributed by atoms with Crippen molar-refractivity contribution in [2.45, 2.75) is 51.0 Å². The number of ketones is 1. The summed E-state index contributed by atoms with van der Waals surface area (Å²) in [7, 11) is 1.45. The van der Waals surface area contributed by atoms with Gasteiger partial charge in [0.25, 0.3) is 0 Å². The van der Waals surface area contributed by atoms with Crippen molar-refractivity contribution in [1.29, 1.82) is 0 Å². The fraction of sp³-hybridized carbons (Fsp3) is 0.400. The molecule has 0 saturated carbocycles. The maximum Gasteiger partial charge on any atom is 0.416 e. The van der Waals surface area contributed by atoms with Crippen molar-refractivity contribution < 1.29 is 37.4 Å². The van der Waals surface area contributed by atoms with Gasteiger partial charge >= 0.3 is 17.8 Å². The van der Waals surface area contributed by atoms with Crippen molar-refractivity contribution in [3.8, 4) is 10.7 Å². The second kappa shape index (κ2) is 12.4. The Bertz CT molecular complexity index is 1460. The number of thiophene rings is 1. The van der Waals surface area contributed by atoms with Gasteiger partial charge in [0.05, 0.1) is 33.8 Å². The van der Waals surface area contributed by atoms with Gasteiger partial charge in [0.15, 0.2) is 11.6 Å². The summed E-state index contributed by atoms with van der Waals surface area (Å²) in [6, 6.07) is 7.15. The number of carbonyl (C=O) groups excluding carboxylic acids is 2. The van der Waals surface area contributed by atoms with E-state index in [1.807, 2.05) is 0 Å². The molecule has 0 aliphatic heterocycles. The van der Waals surface area contributed by atoms with Gasteiger partial charge in [0.2, 0.25) is 5.91 Å². The molecule has 0 fully saturated rings. The second-order valence-electron chi connectivity index (χ2n) is 9.35. The topological polar surface area (TPSA) is 133 Å². The first-order chi connectivity index (χ1) is 18.6. The van der Waals surface area contributed by atoms with Gasteiger partial charge in [-0.05, 0) is 37.6 Å². The summed E-state index contributed by atoms with van der Waals surface area (Å²) in [5.74, 6) is -4.28. The molecule has 1 amide bonds. The number of aromatic nitrogens is 3. The fourth-order valence-electron chi connectivity index (χ4n) is 3.75. The number of rotatable bonds is 12. The van der Waals surface area contributed by atoms with Gasteiger partial charge in [-0.15, -0.1) is 16.4 Å². The Morgan fingerprint density at radius 1 is 1.20 bits per heavy atom. The molecule has 216 valence electrons. The Labute approximate surface area is 235 Å². The number of methoxy groups -OCH3 is 1. The molecule has 0 spiro atoms. The van der Waals surface area contributed by atoms with E-state index >= 15 is 0 Å². The molecular formula is C25H26ClF3N4O6S. The summed E-state index contributed by atoms with van der Waals surface area (Å²) >= 11 is 7.18. The average molecular weight is 603 g/mol. The molecule has 3 aromatic rings. The number of ether oxygens (including phenoxy) is 1. The van der Waals surface area contributed by atoms with Gasteiger partial charge in [-0.1, -0.05) is 29.8 Å². The number of hydrogen-bond donors (Lipinski definition) is 2. The lowest BCUT2D eigenvalue weighted by atomic mass is 9.90. The van der Waals surface area contributed by atoms with E-state index < -0.39 is 59.5 Å². The minimum atomic E-state index is -4.72. The van der Waals surface area contributed by atoms with Crippen LogP contribution in [0.1, 0.15) is 37.3 Å². The molecule has 2 aromatic heterocycles. The number of carboxylic acids is 1. The highest BCUT2D eigenvalue weighted by Gasteiger charge is 2.36. The SMILES string of the molecule is COCCn1c(-c2ccc(Cl)s2)nn(CC(=O)CC(C(=O)NC(C)(C)C(=O)O)c2cccc(C(F)(F)F)c2)c1=O. The summed E-state index contributed by atoms with van der Waals surface area (Å²) < 4.78 is 47.8. The molecule has 15 heteroatoms. The van der Waals surface area contributed by atoms with E-state index in [9.17, 15) is 37.5 Å². The standard InChI is InChI=1S/C25H26ClF3N4O6S/c1-24(2,22(36)37)30-21(35)17(14-5-4-6-15(11-14)25(27,28)29)12-16(34)13-33-23(38)32(9-10-39-3)20(31-33)18-7-8-19(26)40-18/h4-8,11,17H,9-10,12-13H2,1-3H3,(H,30,35)(H,36,37). The van der Waals surface area contributed by atoms with E-state index in [-0.39, 0.29) is 24.5 Å². The Balaban J connectivity index is 1.95. The van der Waals surface area contributed by atoms with Crippen molar-refractivity contribution in [3.63, 3.8) is 0 Å². The Hall–Kier alpha value is -3.49. The molecular weight excluding hydrogens is 577 g/mol. The molecule has 1 atom stereocenters. The maximum absolute atomic E-state index is 13.4. The monoisotopic (exact) mass is 602 g/mol. The van der Waals surface area contributed by atoms with Crippen LogP contribution in [-0.2, 0) is 38.4 Å². The predicted molar refractivity (Wildman–Crippen MR) is 140 cm³/mol. The number of aliphatic carboxylic acids is 1. The van der Waals surface area contributed by atoms with Crippen molar-refractivity contribution in [3.05, 3.63) is 62.3 Å². The highest BCUT2D eigenvalue weighted by Crippen LogP contribution is 2.33. The number of hydrogen-bond acceptors (Lipinski definition) is 7. The number of nitrogens with zero attached hydrogens (tertiary/aromatic N) is 3. The molecule has 40 heavy (non-hydrogen) atoms. The van der Waals surface area contributed by atoms with Crippen LogP contribution in [0.15, 0.2) is 41.2 Å². The first-order valence-electron chi connectivity index (χ1n) is 11.8. The zero-order chi connectivity index (χ0) is 29.8. The summed E-state index contributed by atoms with van der Waals surface area (Å²) in [6.45, 7) is 2.10. The summed E-state index contributed by atoms with van der Waals surface area (Å²) in [4.78, 5) is 51.4. The zero-order valence-corrected chi connectivity index (χ0v) is 23.2. The van der Waals surface area contributed by atoms with Crippen molar-refractivity contribution >= 4 is 40.6 Å². The first kappa shape index (κ1) is 31.0. The Morgan fingerprint density at radius 2 is 1.90 bits per heavy atom. The summed E-state index contributed by atoms with van der Waals surface area (Å²) in [5.41, 5.74) is -3.60. The largest absolute Gasteiger partial charge is 0.480 e. The van der Waals surface area contributed by atoms with Gasteiger partial charge in [-0.2, -0.15) is 13.2 Å². The van der Waals surface area contributed by atoms with Crippen LogP contribution in [0.5, 0.6) is 0 Å². The van der Waals surface area contributed by atoms with Crippen LogP contribution in [0.2, 0.25) is 4.34 Å². The lowest BCUT2D eigenvalue weighted by Gasteiger charge is -2.25. The number of carboxylic acid groups (broad SMARTS) is 1. The Morgan fingerprint density at radius 3 is 2.48 bits per heavy atom. The number of nitrogens with one attached hydrogen (secondary N) is 1. The van der Waals surface area contributed by atoms with Gasteiger partial charge in [-0.25, -0.2) is 14.3 Å². The number of halogens is 4. The van der Waals surface area contributed by atoms with Gasteiger partial charge in [-0.3, -0.25) is 14.2 Å². The first-order valence-corrected chi connectivity index (χ1v) is 13.0. The number of alkyl halides is 3. The molecule has 1 unspecified atom stereocenters. The number of carbonyl (C=O) groups is 3. The molecule has 0 aliphatic carbocycles. The third-order valence-electron chi connectivity index (χ3n) is 5.90. The molecule has 1 aromatic carbocycles. The van der Waals surface area contributed by atoms with Crippen LogP contribution in [-0.4, -0.2) is 56.4 Å². The highest BCUT2D eigenvalue weighted by atomic mass is 35.5. The average Bonchev–Trinajstić information content (AvgIpc) is 3.43. The predicted octanol–water partition coefficient (Wildman–Crippen LogP) is 3.81. The number of benzene rings is 1. The minimum absolute atomic E-state index is 0.119. The van der Waals surface area contributed by atoms with Crippen LogP contribution in [0, 0.1) is 0 Å². The van der Waals surface area contributed by atoms with Gasteiger partial charge < -0.3 is 15.2 Å². The van der Waals surface area contributed by atoms with Crippen LogP contribution in [0.4, 0.5) is 13.2 Å². The summed E-state index contributed by atoms with van der Waals surface area (Å²) in [6.07, 6.45) is -5.34. The molecule has 10 nitrogen and oxygen atoms in total. The quantitative estimate of drug-likeness (QED) is 0.322. The summed E-state index contributed by atoms with van der Waals surface area (Å²) in [5, 5.41) is 15.9. The second-order valence-corrected chi connectivity index (χ2v) is 11.1. The molecule has 0 aliphatic rings. The molecule has 0 saturated heterocycles. The van der Waals surface area contributed by atoms with E-state index in [0.29, 0.717) is 9.21 Å². The lowest BCUT2D eigenvalue weighted by Crippen LogP contribution is -2.51. The van der Waals surface area contributed by atoms with E-state index in [1.165, 1.54) is 31.6 Å². The third kappa shape index (κ3) is 7.37. The number of Topliss-reactive ketones (excluding diaryl/α,β-unsaturated/α-hetero) is 1. The molecule has 0 radical (unpaired) electrons. The normalized spacial score (nSPS) is 12.8. The minimum Gasteiger partial charge on any atom is -0.480 e. The Kier molecular flexibility index (Phi) is 9.59. The maximum atomic E-state index is 13.4. The van der Waals surface area contributed by atoms with Crippen molar-refractivity contribution in [2.75, 3.05) is 13.7 Å². The third-order valence-corrected chi connectivity index (χ3v) is 7.12. The van der Waals surface area contributed by atoms with Crippen LogP contribution >= 0.6 is 22.9 Å². The number of amides is 1. The molecule has 3 rings (SSSR count). The van der Waals surface area contributed by atoms with Gasteiger partial charge in [0, 0.05) is 13.5 Å². The zero-order valence-electron chi connectivity index (χ0n) is 21.6. The van der Waals surface area contributed by atoms with E-state index in [0.717, 1.165) is 34.2 Å². The smallest absolute Gasteiger partial charge is 0.416 e. The van der Waals surface area contributed by atoms with Crippen LogP contribution < -0.4 is 11.0 Å². The van der Waals surface area contributed by atoms with Gasteiger partial charge in [0.1, 0.15) is 12.1 Å².